The lowest BCUT2D eigenvalue weighted by atomic mass is 9.93. The normalized spacial score (nSPS) is 11.3. The van der Waals surface area contributed by atoms with Crippen LogP contribution in [0, 0.1) is 5.41 Å². The van der Waals surface area contributed by atoms with Crippen LogP contribution in [-0.2, 0) is 9.53 Å². The first kappa shape index (κ1) is 18.7. The summed E-state index contributed by atoms with van der Waals surface area (Å²) in [6.45, 7) is 6.35. The second kappa shape index (κ2) is 8.31. The summed E-state index contributed by atoms with van der Waals surface area (Å²) in [6.07, 6.45) is 2.56. The Bertz CT molecular complexity index is 589. The van der Waals surface area contributed by atoms with E-state index in [1.54, 1.807) is 18.3 Å². The number of methoxy groups -OCH3 is 2. The molecule has 0 aliphatic heterocycles. The van der Waals surface area contributed by atoms with Crippen molar-refractivity contribution in [3.63, 3.8) is 0 Å². The highest BCUT2D eigenvalue weighted by molar-refractivity contribution is 5.96. The molecule has 0 fully saturated rings. The Hall–Kier alpha value is -2.37. The third-order valence-corrected chi connectivity index (χ3v) is 2.96. The van der Waals surface area contributed by atoms with Crippen molar-refractivity contribution in [1.82, 2.24) is 0 Å². The van der Waals surface area contributed by atoms with Gasteiger partial charge in [0.2, 0.25) is 5.91 Å². The van der Waals surface area contributed by atoms with Crippen LogP contribution in [0.3, 0.4) is 0 Å². The maximum Gasteiger partial charge on any atom is 0.337 e. The summed E-state index contributed by atoms with van der Waals surface area (Å²) in [5.74, 6) is -0.327. The number of benzene rings is 1. The van der Waals surface area contributed by atoms with Gasteiger partial charge in [0.1, 0.15) is 12.3 Å². The average Bonchev–Trinajstić information content (AvgIpc) is 2.50. The van der Waals surface area contributed by atoms with E-state index in [2.05, 4.69) is 35.8 Å². The Kier molecular flexibility index (Phi) is 6.75. The zero-order valence-corrected chi connectivity index (χ0v) is 14.3. The molecule has 1 aromatic rings. The maximum absolute atomic E-state index is 11.9. The van der Waals surface area contributed by atoms with Gasteiger partial charge in [0.05, 0.1) is 25.5 Å². The number of amides is 1. The first-order chi connectivity index (χ1) is 10.8. The molecule has 0 aliphatic rings. The van der Waals surface area contributed by atoms with E-state index in [-0.39, 0.29) is 17.9 Å². The van der Waals surface area contributed by atoms with Crippen LogP contribution in [0.5, 0.6) is 5.75 Å². The van der Waals surface area contributed by atoms with Crippen LogP contribution >= 0.6 is 0 Å². The van der Waals surface area contributed by atoms with Crippen LogP contribution < -0.4 is 10.1 Å². The highest BCUT2D eigenvalue weighted by Gasteiger charge is 2.12. The van der Waals surface area contributed by atoms with Crippen molar-refractivity contribution in [3.8, 4) is 5.75 Å². The average molecular weight is 320 g/mol. The molecule has 0 unspecified atom stereocenters. The van der Waals surface area contributed by atoms with Crippen molar-refractivity contribution in [3.05, 3.63) is 23.8 Å². The number of ether oxygens (including phenoxy) is 2. The standard InChI is InChI=1S/C17H24N2O4/c1-17(2,3)8-9-18-11-15(20)19-13-7-6-12(16(21)23-5)10-14(13)22-4/h6-7,9-10H,8,11H2,1-5H3,(H,19,20)/b18-9+. The topological polar surface area (TPSA) is 77.0 Å². The number of rotatable bonds is 6. The lowest BCUT2D eigenvalue weighted by Gasteiger charge is -2.14. The molecule has 0 aromatic heterocycles. The predicted molar refractivity (Wildman–Crippen MR) is 90.4 cm³/mol. The number of esters is 1. The van der Waals surface area contributed by atoms with E-state index in [1.165, 1.54) is 20.3 Å². The minimum Gasteiger partial charge on any atom is -0.495 e. The quantitative estimate of drug-likeness (QED) is 0.646. The highest BCUT2D eigenvalue weighted by Crippen LogP contribution is 2.25. The fourth-order valence-electron chi connectivity index (χ4n) is 1.71. The zero-order valence-electron chi connectivity index (χ0n) is 14.3. The molecule has 0 bridgehead atoms. The summed E-state index contributed by atoms with van der Waals surface area (Å²) < 4.78 is 9.84. The van der Waals surface area contributed by atoms with Crippen molar-refractivity contribution in [2.24, 2.45) is 10.4 Å². The molecule has 0 spiro atoms. The zero-order chi connectivity index (χ0) is 17.5. The van der Waals surface area contributed by atoms with E-state index in [1.807, 2.05) is 0 Å². The number of hydrogen-bond donors (Lipinski definition) is 1. The summed E-state index contributed by atoms with van der Waals surface area (Å²) in [4.78, 5) is 27.5. The molecule has 0 atom stereocenters. The van der Waals surface area contributed by atoms with Gasteiger partial charge in [0.25, 0.3) is 0 Å². The monoisotopic (exact) mass is 320 g/mol. The summed E-state index contributed by atoms with van der Waals surface area (Å²) in [5, 5.41) is 2.71. The van der Waals surface area contributed by atoms with Gasteiger partial charge >= 0.3 is 5.97 Å². The smallest absolute Gasteiger partial charge is 0.337 e. The van der Waals surface area contributed by atoms with Gasteiger partial charge in [-0.15, -0.1) is 0 Å². The number of hydrogen-bond acceptors (Lipinski definition) is 5. The van der Waals surface area contributed by atoms with E-state index in [9.17, 15) is 9.59 Å². The number of anilines is 1. The molecule has 1 N–H and O–H groups in total. The fraction of sp³-hybridized carbons (Fsp3) is 0.471. The molecule has 0 saturated carbocycles. The predicted octanol–water partition coefficient (Wildman–Crippen LogP) is 2.93. The second-order valence-electron chi connectivity index (χ2n) is 6.24. The van der Waals surface area contributed by atoms with E-state index in [0.29, 0.717) is 17.0 Å². The van der Waals surface area contributed by atoms with Gasteiger partial charge in [-0.2, -0.15) is 0 Å². The number of carbonyl (C=O) groups is 2. The molecule has 1 amide bonds. The van der Waals surface area contributed by atoms with Gasteiger partial charge in [-0.05, 0) is 36.2 Å². The molecule has 0 heterocycles. The molecule has 0 saturated heterocycles. The van der Waals surface area contributed by atoms with Crippen molar-refractivity contribution >= 4 is 23.8 Å². The van der Waals surface area contributed by atoms with Gasteiger partial charge < -0.3 is 14.8 Å². The van der Waals surface area contributed by atoms with Gasteiger partial charge in [0, 0.05) is 0 Å². The minimum absolute atomic E-state index is 0.0397. The molecule has 1 rings (SSSR count). The van der Waals surface area contributed by atoms with Crippen LogP contribution in [0.2, 0.25) is 0 Å². The Labute approximate surface area is 136 Å². The van der Waals surface area contributed by atoms with Crippen molar-refractivity contribution in [2.75, 3.05) is 26.1 Å². The van der Waals surface area contributed by atoms with Crippen LogP contribution in [0.15, 0.2) is 23.2 Å². The van der Waals surface area contributed by atoms with Crippen LogP contribution in [0.1, 0.15) is 37.6 Å². The molecule has 6 heteroatoms. The molecule has 6 nitrogen and oxygen atoms in total. The maximum atomic E-state index is 11.9. The second-order valence-corrected chi connectivity index (χ2v) is 6.24. The van der Waals surface area contributed by atoms with Gasteiger partial charge in [0.15, 0.2) is 0 Å². The molecular formula is C17H24N2O4. The van der Waals surface area contributed by atoms with Crippen LogP contribution in [0.4, 0.5) is 5.69 Å². The molecule has 23 heavy (non-hydrogen) atoms. The van der Waals surface area contributed by atoms with Crippen molar-refractivity contribution in [2.45, 2.75) is 27.2 Å². The summed E-state index contributed by atoms with van der Waals surface area (Å²) in [7, 11) is 2.77. The third-order valence-electron chi connectivity index (χ3n) is 2.96. The van der Waals surface area contributed by atoms with Crippen molar-refractivity contribution in [1.29, 1.82) is 0 Å². The molecule has 1 aromatic carbocycles. The van der Waals surface area contributed by atoms with Gasteiger partial charge in [-0.3, -0.25) is 9.79 Å². The van der Waals surface area contributed by atoms with E-state index < -0.39 is 5.97 Å². The number of aliphatic imine (C=N–C) groups is 1. The number of carbonyl (C=O) groups excluding carboxylic acids is 2. The Morgan fingerprint density at radius 1 is 1.26 bits per heavy atom. The largest absolute Gasteiger partial charge is 0.495 e. The first-order valence-corrected chi connectivity index (χ1v) is 7.31. The Morgan fingerprint density at radius 3 is 2.52 bits per heavy atom. The van der Waals surface area contributed by atoms with Gasteiger partial charge in [-0.1, -0.05) is 20.8 Å². The molecule has 0 aliphatic carbocycles. The molecule has 126 valence electrons. The summed E-state index contributed by atoms with van der Waals surface area (Å²) in [5.41, 5.74) is 0.981. The highest BCUT2D eigenvalue weighted by atomic mass is 16.5. The SMILES string of the molecule is COC(=O)c1ccc(NC(=O)C/N=C/CC(C)(C)C)c(OC)c1. The number of nitrogens with one attached hydrogen (secondary N) is 1. The molecular weight excluding hydrogens is 296 g/mol. The third kappa shape index (κ3) is 6.50. The fourth-order valence-corrected chi connectivity index (χ4v) is 1.71. The summed E-state index contributed by atoms with van der Waals surface area (Å²) in [6, 6.07) is 4.68. The van der Waals surface area contributed by atoms with Gasteiger partial charge in [-0.25, -0.2) is 4.79 Å². The van der Waals surface area contributed by atoms with Crippen LogP contribution in [0.25, 0.3) is 0 Å². The Morgan fingerprint density at radius 2 is 1.96 bits per heavy atom. The minimum atomic E-state index is -0.465. The molecule has 0 radical (unpaired) electrons. The van der Waals surface area contributed by atoms with E-state index >= 15 is 0 Å². The van der Waals surface area contributed by atoms with E-state index in [0.717, 1.165) is 6.42 Å². The lowest BCUT2D eigenvalue weighted by molar-refractivity contribution is -0.114. The Balaban J connectivity index is 2.69. The van der Waals surface area contributed by atoms with E-state index in [4.69, 9.17) is 4.74 Å². The first-order valence-electron chi connectivity index (χ1n) is 7.31. The summed E-state index contributed by atoms with van der Waals surface area (Å²) >= 11 is 0. The lowest BCUT2D eigenvalue weighted by Crippen LogP contribution is -2.16. The number of nitrogens with zero attached hydrogens (tertiary/aromatic N) is 1. The van der Waals surface area contributed by atoms with Crippen molar-refractivity contribution < 1.29 is 19.1 Å². The van der Waals surface area contributed by atoms with Crippen LogP contribution in [-0.4, -0.2) is 38.9 Å².